The monoisotopic (exact) mass is 352 g/mol. The van der Waals surface area contributed by atoms with Crippen molar-refractivity contribution >= 4 is 5.91 Å². The van der Waals surface area contributed by atoms with Crippen LogP contribution in [0.4, 0.5) is 8.78 Å². The summed E-state index contributed by atoms with van der Waals surface area (Å²) in [7, 11) is 1.47. The Bertz CT molecular complexity index is 653. The molecule has 138 valence electrons. The Balaban J connectivity index is 1.77. The van der Waals surface area contributed by atoms with E-state index in [2.05, 4.69) is 4.90 Å². The fourth-order valence-corrected chi connectivity index (χ4v) is 4.31. The Kier molecular flexibility index (Phi) is 5.27. The molecule has 1 aromatic rings. The smallest absolute Gasteiger partial charge is 0.222 e. The third kappa shape index (κ3) is 3.64. The van der Waals surface area contributed by atoms with E-state index < -0.39 is 11.6 Å². The second-order valence-corrected chi connectivity index (χ2v) is 7.26. The van der Waals surface area contributed by atoms with Crippen molar-refractivity contribution in [2.45, 2.75) is 39.2 Å². The number of hydrogen-bond donors (Lipinski definition) is 0. The maximum atomic E-state index is 14.3. The maximum absolute atomic E-state index is 14.3. The van der Waals surface area contributed by atoms with Crippen LogP contribution >= 0.6 is 0 Å². The molecule has 1 spiro atoms. The molecule has 0 saturated carbocycles. The molecule has 2 fully saturated rings. The number of carbonyl (C=O) groups is 1. The molecule has 0 aliphatic carbocycles. The van der Waals surface area contributed by atoms with Crippen molar-refractivity contribution in [3.8, 4) is 5.75 Å². The Morgan fingerprint density at radius 1 is 1.24 bits per heavy atom. The second kappa shape index (κ2) is 7.28. The van der Waals surface area contributed by atoms with Crippen molar-refractivity contribution in [2.75, 3.05) is 33.3 Å². The highest BCUT2D eigenvalue weighted by Crippen LogP contribution is 2.39. The van der Waals surface area contributed by atoms with E-state index in [-0.39, 0.29) is 16.9 Å². The van der Waals surface area contributed by atoms with Crippen LogP contribution in [-0.2, 0) is 11.3 Å². The van der Waals surface area contributed by atoms with Crippen LogP contribution in [0, 0.1) is 17.0 Å². The van der Waals surface area contributed by atoms with Gasteiger partial charge in [0.1, 0.15) is 5.75 Å². The van der Waals surface area contributed by atoms with Crippen molar-refractivity contribution in [3.05, 3.63) is 29.3 Å². The summed E-state index contributed by atoms with van der Waals surface area (Å²) >= 11 is 0. The Morgan fingerprint density at radius 3 is 2.76 bits per heavy atom. The summed E-state index contributed by atoms with van der Waals surface area (Å²) in [5, 5.41) is 0. The third-order valence-corrected chi connectivity index (χ3v) is 5.63. The SMILES string of the molecule is CCN1C[C@@]2(CCCN(Cc3c(OC)ccc(F)c3F)C2)CCC1=O. The minimum atomic E-state index is -0.844. The lowest BCUT2D eigenvalue weighted by Gasteiger charge is -2.48. The summed E-state index contributed by atoms with van der Waals surface area (Å²) in [5.74, 6) is -1.06. The highest BCUT2D eigenvalue weighted by molar-refractivity contribution is 5.77. The Morgan fingerprint density at radius 2 is 2.04 bits per heavy atom. The quantitative estimate of drug-likeness (QED) is 0.834. The topological polar surface area (TPSA) is 32.8 Å². The van der Waals surface area contributed by atoms with Crippen LogP contribution in [0.1, 0.15) is 38.2 Å². The molecule has 2 heterocycles. The van der Waals surface area contributed by atoms with Gasteiger partial charge < -0.3 is 9.64 Å². The highest BCUT2D eigenvalue weighted by atomic mass is 19.2. The van der Waals surface area contributed by atoms with Crippen LogP contribution in [-0.4, -0.2) is 49.0 Å². The predicted molar refractivity (Wildman–Crippen MR) is 91.3 cm³/mol. The van der Waals surface area contributed by atoms with Crippen molar-refractivity contribution in [1.29, 1.82) is 0 Å². The van der Waals surface area contributed by atoms with E-state index in [0.717, 1.165) is 51.5 Å². The first-order chi connectivity index (χ1) is 12.0. The van der Waals surface area contributed by atoms with Crippen molar-refractivity contribution in [2.24, 2.45) is 5.41 Å². The Hall–Kier alpha value is -1.69. The van der Waals surface area contributed by atoms with Crippen molar-refractivity contribution in [1.82, 2.24) is 9.80 Å². The first-order valence-electron chi connectivity index (χ1n) is 8.99. The third-order valence-electron chi connectivity index (χ3n) is 5.63. The molecule has 1 atom stereocenters. The lowest BCUT2D eigenvalue weighted by molar-refractivity contribution is -0.139. The summed E-state index contributed by atoms with van der Waals surface area (Å²) in [6.45, 7) is 5.48. The summed E-state index contributed by atoms with van der Waals surface area (Å²) in [4.78, 5) is 16.1. The number of carbonyl (C=O) groups excluding carboxylic acids is 1. The van der Waals surface area contributed by atoms with Gasteiger partial charge in [-0.2, -0.15) is 0 Å². The van der Waals surface area contributed by atoms with E-state index in [1.807, 2.05) is 11.8 Å². The number of piperidine rings is 2. The average molecular weight is 352 g/mol. The molecule has 0 aromatic heterocycles. The van der Waals surface area contributed by atoms with E-state index in [9.17, 15) is 13.6 Å². The fourth-order valence-electron chi connectivity index (χ4n) is 4.31. The van der Waals surface area contributed by atoms with Crippen LogP contribution < -0.4 is 4.74 Å². The van der Waals surface area contributed by atoms with Gasteiger partial charge in [0.15, 0.2) is 11.6 Å². The van der Waals surface area contributed by atoms with E-state index in [0.29, 0.717) is 18.7 Å². The normalized spacial score (nSPS) is 24.8. The van der Waals surface area contributed by atoms with Crippen molar-refractivity contribution in [3.63, 3.8) is 0 Å². The molecule has 1 aromatic carbocycles. The lowest BCUT2D eigenvalue weighted by atomic mass is 9.73. The molecule has 0 N–H and O–H groups in total. The van der Waals surface area contributed by atoms with Gasteiger partial charge in [0.25, 0.3) is 0 Å². The van der Waals surface area contributed by atoms with Crippen LogP contribution in [0.25, 0.3) is 0 Å². The van der Waals surface area contributed by atoms with Crippen LogP contribution in [0.2, 0.25) is 0 Å². The molecule has 2 aliphatic heterocycles. The molecule has 25 heavy (non-hydrogen) atoms. The second-order valence-electron chi connectivity index (χ2n) is 7.26. The molecule has 6 heteroatoms. The Labute approximate surface area is 147 Å². The molecule has 2 saturated heterocycles. The zero-order chi connectivity index (χ0) is 18.0. The molecule has 0 radical (unpaired) electrons. The first kappa shape index (κ1) is 18.1. The standard InChI is InChI=1S/C19H26F2N2O2/c1-3-23-13-19(9-7-17(23)24)8-4-10-22(12-19)11-14-16(25-2)6-5-15(20)18(14)21/h5-6H,3-4,7-13H2,1-2H3/t19-/m0/s1. The molecule has 0 bridgehead atoms. The number of rotatable bonds is 4. The number of nitrogens with zero attached hydrogens (tertiary/aromatic N) is 2. The number of ether oxygens (including phenoxy) is 1. The first-order valence-corrected chi connectivity index (χ1v) is 8.99. The van der Waals surface area contributed by atoms with E-state index in [1.54, 1.807) is 0 Å². The highest BCUT2D eigenvalue weighted by Gasteiger charge is 2.41. The predicted octanol–water partition coefficient (Wildman–Crippen LogP) is 3.20. The zero-order valence-corrected chi connectivity index (χ0v) is 15.0. The zero-order valence-electron chi connectivity index (χ0n) is 15.0. The molecular weight excluding hydrogens is 326 g/mol. The summed E-state index contributed by atoms with van der Waals surface area (Å²) in [6, 6.07) is 2.58. The average Bonchev–Trinajstić information content (AvgIpc) is 2.62. The molecule has 3 rings (SSSR count). The van der Waals surface area contributed by atoms with Gasteiger partial charge in [-0.05, 0) is 44.9 Å². The van der Waals surface area contributed by atoms with Gasteiger partial charge in [-0.3, -0.25) is 9.69 Å². The van der Waals surface area contributed by atoms with Gasteiger partial charge in [0, 0.05) is 43.6 Å². The molecule has 2 aliphatic rings. The van der Waals surface area contributed by atoms with Gasteiger partial charge in [-0.15, -0.1) is 0 Å². The molecule has 1 amide bonds. The largest absolute Gasteiger partial charge is 0.496 e. The van der Waals surface area contributed by atoms with Gasteiger partial charge in [0.05, 0.1) is 7.11 Å². The number of likely N-dealkylation sites (tertiary alicyclic amines) is 2. The molecule has 4 nitrogen and oxygen atoms in total. The number of amides is 1. The number of hydrogen-bond acceptors (Lipinski definition) is 3. The number of benzene rings is 1. The van der Waals surface area contributed by atoms with E-state index in [4.69, 9.17) is 4.74 Å². The van der Waals surface area contributed by atoms with Crippen LogP contribution in [0.15, 0.2) is 12.1 Å². The summed E-state index contributed by atoms with van der Waals surface area (Å²) in [5.41, 5.74) is 0.345. The number of methoxy groups -OCH3 is 1. The molecule has 0 unspecified atom stereocenters. The van der Waals surface area contributed by atoms with Crippen LogP contribution in [0.3, 0.4) is 0 Å². The molecular formula is C19H26F2N2O2. The fraction of sp³-hybridized carbons (Fsp3) is 0.632. The van der Waals surface area contributed by atoms with E-state index in [1.165, 1.54) is 13.2 Å². The van der Waals surface area contributed by atoms with Gasteiger partial charge in [-0.1, -0.05) is 0 Å². The van der Waals surface area contributed by atoms with Gasteiger partial charge in [-0.25, -0.2) is 8.78 Å². The maximum Gasteiger partial charge on any atom is 0.222 e. The number of halogens is 2. The van der Waals surface area contributed by atoms with Crippen LogP contribution in [0.5, 0.6) is 5.75 Å². The van der Waals surface area contributed by atoms with E-state index >= 15 is 0 Å². The minimum Gasteiger partial charge on any atom is -0.496 e. The van der Waals surface area contributed by atoms with Crippen molar-refractivity contribution < 1.29 is 18.3 Å². The lowest BCUT2D eigenvalue weighted by Crippen LogP contribution is -2.53. The summed E-state index contributed by atoms with van der Waals surface area (Å²) < 4.78 is 33.1. The minimum absolute atomic E-state index is 0.0687. The van der Waals surface area contributed by atoms with Gasteiger partial charge in [0.2, 0.25) is 5.91 Å². The van der Waals surface area contributed by atoms with Gasteiger partial charge >= 0.3 is 0 Å². The summed E-state index contributed by atoms with van der Waals surface area (Å²) in [6.07, 6.45) is 3.54.